The summed E-state index contributed by atoms with van der Waals surface area (Å²) in [6.07, 6.45) is 4.79. The molecule has 3 aromatic rings. The predicted molar refractivity (Wildman–Crippen MR) is 136 cm³/mol. The van der Waals surface area contributed by atoms with Gasteiger partial charge in [-0.15, -0.1) is 0 Å². The fourth-order valence-corrected chi connectivity index (χ4v) is 6.13. The van der Waals surface area contributed by atoms with E-state index in [-0.39, 0.29) is 42.5 Å². The van der Waals surface area contributed by atoms with Crippen molar-refractivity contribution in [1.82, 2.24) is 24.7 Å². The van der Waals surface area contributed by atoms with E-state index in [1.165, 1.54) is 17.7 Å². The van der Waals surface area contributed by atoms with E-state index in [2.05, 4.69) is 20.9 Å². The molecular formula is C28H28FN5O4. The lowest BCUT2D eigenvalue weighted by molar-refractivity contribution is -0.136. The molecule has 0 aliphatic carbocycles. The van der Waals surface area contributed by atoms with E-state index < -0.39 is 23.7 Å². The van der Waals surface area contributed by atoms with Crippen molar-refractivity contribution >= 4 is 28.8 Å². The zero-order chi connectivity index (χ0) is 26.0. The molecule has 1 atom stereocenters. The van der Waals surface area contributed by atoms with Crippen molar-refractivity contribution in [2.24, 2.45) is 0 Å². The van der Waals surface area contributed by atoms with Gasteiger partial charge in [-0.3, -0.25) is 24.6 Å². The molecule has 1 N–H and O–H groups in total. The van der Waals surface area contributed by atoms with E-state index in [1.807, 2.05) is 12.3 Å². The molecule has 196 valence electrons. The number of nitrogens with one attached hydrogen (secondary N) is 1. The number of nitrogens with zero attached hydrogens (tertiary/aromatic N) is 4. The molecule has 0 bridgehead atoms. The molecule has 4 aliphatic rings. The summed E-state index contributed by atoms with van der Waals surface area (Å²) in [4.78, 5) is 45.8. The van der Waals surface area contributed by atoms with Gasteiger partial charge in [0.05, 0.1) is 31.5 Å². The molecule has 3 amide bonds. The van der Waals surface area contributed by atoms with Gasteiger partial charge in [-0.2, -0.15) is 0 Å². The maximum absolute atomic E-state index is 16.1. The number of carbonyl (C=O) groups is 3. The normalized spacial score (nSPS) is 22.3. The highest BCUT2D eigenvalue weighted by Gasteiger charge is 2.40. The van der Waals surface area contributed by atoms with Crippen molar-refractivity contribution in [3.05, 3.63) is 53.0 Å². The lowest BCUT2D eigenvalue weighted by atomic mass is 10.0. The summed E-state index contributed by atoms with van der Waals surface area (Å²) in [6.45, 7) is 4.10. The molecule has 1 unspecified atom stereocenters. The number of hydrogen-bond acceptors (Lipinski definition) is 6. The van der Waals surface area contributed by atoms with Crippen LogP contribution in [0.15, 0.2) is 30.5 Å². The third kappa shape index (κ3) is 3.73. The Morgan fingerprint density at radius 2 is 1.87 bits per heavy atom. The molecule has 2 aromatic heterocycles. The van der Waals surface area contributed by atoms with Crippen LogP contribution >= 0.6 is 0 Å². The molecule has 0 saturated carbocycles. The number of amides is 3. The molecule has 6 heterocycles. The zero-order valence-electron chi connectivity index (χ0n) is 20.9. The molecule has 0 spiro atoms. The van der Waals surface area contributed by atoms with Crippen molar-refractivity contribution in [2.45, 2.75) is 50.9 Å². The Morgan fingerprint density at radius 3 is 2.61 bits per heavy atom. The number of halogens is 1. The molecule has 7 rings (SSSR count). The first-order valence-corrected chi connectivity index (χ1v) is 13.2. The highest BCUT2D eigenvalue weighted by atomic mass is 19.1. The first-order valence-electron chi connectivity index (χ1n) is 13.2. The number of imide groups is 1. The SMILES string of the molecule is O=C1CCC(N2Cc3c(ccc(-c4cc(CN5CCCC5)c5ccn(C6COC6)c5n4)c3F)C2=O)C(=O)N1. The highest BCUT2D eigenvalue weighted by molar-refractivity contribution is 6.05. The van der Waals surface area contributed by atoms with Crippen molar-refractivity contribution in [1.29, 1.82) is 0 Å². The van der Waals surface area contributed by atoms with E-state index in [1.54, 1.807) is 12.1 Å². The van der Waals surface area contributed by atoms with Crippen molar-refractivity contribution in [3.63, 3.8) is 0 Å². The number of rotatable bonds is 5. The number of pyridine rings is 1. The number of likely N-dealkylation sites (tertiary alicyclic amines) is 1. The monoisotopic (exact) mass is 517 g/mol. The number of fused-ring (bicyclic) bond motifs is 2. The van der Waals surface area contributed by atoms with Crippen molar-refractivity contribution in [2.75, 3.05) is 26.3 Å². The van der Waals surface area contributed by atoms with Crippen LogP contribution in [-0.2, 0) is 27.4 Å². The third-order valence-corrected chi connectivity index (χ3v) is 8.30. The Labute approximate surface area is 218 Å². The minimum absolute atomic E-state index is 0.0151. The predicted octanol–water partition coefficient (Wildman–Crippen LogP) is 2.77. The Kier molecular flexibility index (Phi) is 5.55. The second kappa shape index (κ2) is 8.99. The third-order valence-electron chi connectivity index (χ3n) is 8.30. The number of carbonyl (C=O) groups excluding carboxylic acids is 3. The fraction of sp³-hybridized carbons (Fsp3) is 0.429. The van der Waals surface area contributed by atoms with Gasteiger partial charge in [0.1, 0.15) is 17.5 Å². The molecule has 9 nitrogen and oxygen atoms in total. The minimum Gasteiger partial charge on any atom is -0.377 e. The smallest absolute Gasteiger partial charge is 0.255 e. The maximum Gasteiger partial charge on any atom is 0.255 e. The van der Waals surface area contributed by atoms with Gasteiger partial charge >= 0.3 is 0 Å². The molecular weight excluding hydrogens is 489 g/mol. The number of aromatic nitrogens is 2. The number of ether oxygens (including phenoxy) is 1. The first-order chi connectivity index (χ1) is 18.5. The van der Waals surface area contributed by atoms with Crippen LogP contribution in [-0.4, -0.2) is 69.4 Å². The van der Waals surface area contributed by atoms with E-state index in [4.69, 9.17) is 9.72 Å². The number of piperidine rings is 1. The second-order valence-corrected chi connectivity index (χ2v) is 10.7. The van der Waals surface area contributed by atoms with Crippen LogP contribution in [0.1, 0.15) is 53.2 Å². The topological polar surface area (TPSA) is 96.8 Å². The molecule has 1 aromatic carbocycles. The minimum atomic E-state index is -0.787. The Hall–Kier alpha value is -3.63. The van der Waals surface area contributed by atoms with Gasteiger partial charge in [0, 0.05) is 41.2 Å². The summed E-state index contributed by atoms with van der Waals surface area (Å²) >= 11 is 0. The van der Waals surface area contributed by atoms with Crippen LogP contribution in [0.3, 0.4) is 0 Å². The first kappa shape index (κ1) is 23.5. The van der Waals surface area contributed by atoms with Gasteiger partial charge in [0.25, 0.3) is 5.91 Å². The standard InChI is InChI=1S/C28H28FN5O4/c29-25-20(4-3-19-21(25)13-34(28(19)37)23-5-6-24(35)31-27(23)36)22-11-16(12-32-8-1-2-9-32)18-7-10-33(26(18)30-22)17-14-38-15-17/h3-4,7,10-11,17,23H,1-2,5-6,8-9,12-15H2,(H,31,35,36). The van der Waals surface area contributed by atoms with Gasteiger partial charge in [-0.1, -0.05) is 0 Å². The summed E-state index contributed by atoms with van der Waals surface area (Å²) in [5, 5.41) is 3.35. The molecule has 38 heavy (non-hydrogen) atoms. The van der Waals surface area contributed by atoms with E-state index in [0.717, 1.165) is 36.2 Å². The van der Waals surface area contributed by atoms with Gasteiger partial charge in [-0.25, -0.2) is 9.37 Å². The summed E-state index contributed by atoms with van der Waals surface area (Å²) in [5.41, 5.74) is 3.30. The van der Waals surface area contributed by atoms with Gasteiger partial charge in [0.15, 0.2) is 0 Å². The van der Waals surface area contributed by atoms with Gasteiger partial charge < -0.3 is 14.2 Å². The summed E-state index contributed by atoms with van der Waals surface area (Å²) < 4.78 is 23.7. The quantitative estimate of drug-likeness (QED) is 0.523. The largest absolute Gasteiger partial charge is 0.377 e. The van der Waals surface area contributed by atoms with Crippen LogP contribution in [0.5, 0.6) is 0 Å². The Morgan fingerprint density at radius 1 is 1.08 bits per heavy atom. The zero-order valence-corrected chi connectivity index (χ0v) is 20.9. The van der Waals surface area contributed by atoms with Gasteiger partial charge in [0.2, 0.25) is 11.8 Å². The number of hydrogen-bond donors (Lipinski definition) is 1. The van der Waals surface area contributed by atoms with Crippen LogP contribution in [0.2, 0.25) is 0 Å². The molecule has 10 heteroatoms. The summed E-state index contributed by atoms with van der Waals surface area (Å²) in [7, 11) is 0. The van der Waals surface area contributed by atoms with Crippen molar-refractivity contribution in [3.8, 4) is 11.3 Å². The molecule has 0 radical (unpaired) electrons. The lowest BCUT2D eigenvalue weighted by Crippen LogP contribution is -2.52. The molecule has 3 fully saturated rings. The van der Waals surface area contributed by atoms with E-state index >= 15 is 4.39 Å². The van der Waals surface area contributed by atoms with E-state index in [0.29, 0.717) is 24.5 Å². The fourth-order valence-electron chi connectivity index (χ4n) is 6.13. The molecule has 4 aliphatic heterocycles. The maximum atomic E-state index is 16.1. The van der Waals surface area contributed by atoms with E-state index in [9.17, 15) is 14.4 Å². The number of benzene rings is 1. The van der Waals surface area contributed by atoms with Gasteiger partial charge in [-0.05, 0) is 62.2 Å². The van der Waals surface area contributed by atoms with Crippen molar-refractivity contribution < 1.29 is 23.5 Å². The summed E-state index contributed by atoms with van der Waals surface area (Å²) in [6, 6.07) is 6.73. The van der Waals surface area contributed by atoms with Crippen LogP contribution in [0.4, 0.5) is 4.39 Å². The highest BCUT2D eigenvalue weighted by Crippen LogP contribution is 2.36. The van der Waals surface area contributed by atoms with Crippen LogP contribution in [0, 0.1) is 5.82 Å². The average Bonchev–Trinajstić information content (AvgIpc) is 3.60. The molecule has 3 saturated heterocycles. The Balaban J connectivity index is 1.28. The Bertz CT molecular complexity index is 1490. The average molecular weight is 518 g/mol. The second-order valence-electron chi connectivity index (χ2n) is 10.7. The summed E-state index contributed by atoms with van der Waals surface area (Å²) in [5.74, 6) is -1.75. The lowest BCUT2D eigenvalue weighted by Gasteiger charge is -2.29. The van der Waals surface area contributed by atoms with Crippen LogP contribution in [0.25, 0.3) is 22.3 Å². The van der Waals surface area contributed by atoms with Crippen LogP contribution < -0.4 is 5.32 Å².